The lowest BCUT2D eigenvalue weighted by molar-refractivity contribution is 0.00578. The van der Waals surface area contributed by atoms with Gasteiger partial charge in [0.25, 0.3) is 0 Å². The van der Waals surface area contributed by atoms with Crippen molar-refractivity contribution in [2.24, 2.45) is 0 Å². The van der Waals surface area contributed by atoms with Gasteiger partial charge in [0.1, 0.15) is 0 Å². The Morgan fingerprint density at radius 1 is 1.13 bits per heavy atom. The number of pyridine rings is 1. The summed E-state index contributed by atoms with van der Waals surface area (Å²) in [4.78, 5) is 4.28. The van der Waals surface area contributed by atoms with Crippen LogP contribution in [0.25, 0.3) is 16.8 Å². The van der Waals surface area contributed by atoms with Crippen LogP contribution in [0.5, 0.6) is 0 Å². The average Bonchev–Trinajstić information content (AvgIpc) is 2.73. The van der Waals surface area contributed by atoms with E-state index < -0.39 is 18.3 Å². The van der Waals surface area contributed by atoms with Gasteiger partial charge in [-0.3, -0.25) is 4.98 Å². The van der Waals surface area contributed by atoms with Crippen LogP contribution in [0.4, 0.5) is 0 Å². The van der Waals surface area contributed by atoms with E-state index in [0.29, 0.717) is 5.47 Å². The van der Waals surface area contributed by atoms with Crippen molar-refractivity contribution in [2.45, 2.75) is 38.9 Å². The average molecular weight is 311 g/mol. The van der Waals surface area contributed by atoms with Crippen LogP contribution < -0.4 is 0 Å². The van der Waals surface area contributed by atoms with Gasteiger partial charge in [-0.25, -0.2) is 0 Å². The number of hydrogen-bond donors (Lipinski definition) is 1. The zero-order valence-electron chi connectivity index (χ0n) is 14.0. The van der Waals surface area contributed by atoms with E-state index in [1.807, 2.05) is 64.2 Å². The molecule has 0 spiro atoms. The van der Waals surface area contributed by atoms with E-state index in [9.17, 15) is 5.11 Å². The maximum atomic E-state index is 9.81. The molecular weight excluding hydrogens is 289 g/mol. The lowest BCUT2D eigenvalue weighted by Crippen LogP contribution is -2.41. The Morgan fingerprint density at radius 2 is 1.78 bits per heavy atom. The van der Waals surface area contributed by atoms with Crippen molar-refractivity contribution >= 4 is 24.0 Å². The molecule has 1 N–H and O–H groups in total. The SMILES string of the molecule is CC1(C)OB(C(=Cc2cncc3ccccc23)CO)OC1(C)C. The summed E-state index contributed by atoms with van der Waals surface area (Å²) in [5.41, 5.74) is 0.787. The quantitative estimate of drug-likeness (QED) is 0.884. The molecule has 0 amide bonds. The predicted octanol–water partition coefficient (Wildman–Crippen LogP) is 3.24. The van der Waals surface area contributed by atoms with Gasteiger partial charge in [0.2, 0.25) is 0 Å². The van der Waals surface area contributed by atoms with Crippen molar-refractivity contribution in [3.63, 3.8) is 0 Å². The van der Waals surface area contributed by atoms with Gasteiger partial charge in [0, 0.05) is 23.3 Å². The molecule has 1 aliphatic heterocycles. The lowest BCUT2D eigenvalue weighted by Gasteiger charge is -2.32. The minimum atomic E-state index is -0.552. The smallest absolute Gasteiger partial charge is 0.400 e. The Morgan fingerprint density at radius 3 is 2.43 bits per heavy atom. The van der Waals surface area contributed by atoms with Crippen molar-refractivity contribution in [3.05, 3.63) is 47.7 Å². The summed E-state index contributed by atoms with van der Waals surface area (Å²) in [5.74, 6) is 0. The van der Waals surface area contributed by atoms with Crippen LogP contribution in [0.2, 0.25) is 0 Å². The van der Waals surface area contributed by atoms with Crippen LogP contribution in [-0.4, -0.2) is 35.0 Å². The molecule has 1 aromatic heterocycles. The molecule has 0 atom stereocenters. The molecule has 0 radical (unpaired) electrons. The van der Waals surface area contributed by atoms with Gasteiger partial charge in [-0.1, -0.05) is 30.3 Å². The van der Waals surface area contributed by atoms with Crippen LogP contribution in [0.15, 0.2) is 42.1 Å². The molecule has 23 heavy (non-hydrogen) atoms. The fourth-order valence-corrected chi connectivity index (χ4v) is 2.64. The number of nitrogens with zero attached hydrogens (tertiary/aromatic N) is 1. The first-order chi connectivity index (χ1) is 10.8. The third-order valence-electron chi connectivity index (χ3n) is 4.78. The molecule has 1 saturated heterocycles. The molecule has 4 nitrogen and oxygen atoms in total. The summed E-state index contributed by atoms with van der Waals surface area (Å²) in [5, 5.41) is 12.0. The molecule has 5 heteroatoms. The molecule has 0 unspecified atom stereocenters. The lowest BCUT2D eigenvalue weighted by atomic mass is 9.77. The topological polar surface area (TPSA) is 51.6 Å². The van der Waals surface area contributed by atoms with Gasteiger partial charge >= 0.3 is 7.12 Å². The minimum Gasteiger partial charge on any atom is -0.400 e. The molecule has 2 aromatic rings. The highest BCUT2D eigenvalue weighted by Gasteiger charge is 2.52. The predicted molar refractivity (Wildman–Crippen MR) is 92.9 cm³/mol. The van der Waals surface area contributed by atoms with Crippen LogP contribution in [0.1, 0.15) is 33.3 Å². The van der Waals surface area contributed by atoms with Crippen LogP contribution >= 0.6 is 0 Å². The summed E-state index contributed by atoms with van der Waals surface area (Å²) in [7, 11) is -0.552. The first-order valence-electron chi connectivity index (χ1n) is 7.84. The van der Waals surface area contributed by atoms with Gasteiger partial charge in [0.15, 0.2) is 0 Å². The van der Waals surface area contributed by atoms with Crippen molar-refractivity contribution in [2.75, 3.05) is 6.61 Å². The molecule has 0 aliphatic carbocycles. The van der Waals surface area contributed by atoms with E-state index in [4.69, 9.17) is 9.31 Å². The van der Waals surface area contributed by atoms with Crippen LogP contribution in [0.3, 0.4) is 0 Å². The standard InChI is InChI=1S/C18H22BNO3/c1-17(2)18(3,4)23-19(22-17)15(12-21)9-14-11-20-10-13-7-5-6-8-16(13)14/h5-11,21H,12H2,1-4H3. The fraction of sp³-hybridized carbons (Fsp3) is 0.389. The van der Waals surface area contributed by atoms with E-state index >= 15 is 0 Å². The summed E-state index contributed by atoms with van der Waals surface area (Å²) < 4.78 is 12.1. The first kappa shape index (κ1) is 16.2. The number of aliphatic hydroxyl groups is 1. The maximum Gasteiger partial charge on any atom is 0.492 e. The van der Waals surface area contributed by atoms with Crippen LogP contribution in [0, 0.1) is 0 Å². The van der Waals surface area contributed by atoms with Crippen molar-refractivity contribution < 1.29 is 14.4 Å². The summed E-state index contributed by atoms with van der Waals surface area (Å²) in [6, 6.07) is 8.04. The Kier molecular flexibility index (Phi) is 4.04. The largest absolute Gasteiger partial charge is 0.492 e. The van der Waals surface area contributed by atoms with Gasteiger partial charge in [-0.05, 0) is 38.6 Å². The Labute approximate surface area is 137 Å². The Balaban J connectivity index is 1.99. The highest BCUT2D eigenvalue weighted by atomic mass is 16.7. The number of fused-ring (bicyclic) bond motifs is 1. The molecule has 2 heterocycles. The van der Waals surface area contributed by atoms with Crippen molar-refractivity contribution in [1.29, 1.82) is 0 Å². The van der Waals surface area contributed by atoms with E-state index in [-0.39, 0.29) is 6.61 Å². The van der Waals surface area contributed by atoms with E-state index in [2.05, 4.69) is 4.98 Å². The van der Waals surface area contributed by atoms with Crippen LogP contribution in [-0.2, 0) is 9.31 Å². The second-order valence-electron chi connectivity index (χ2n) is 6.92. The highest BCUT2D eigenvalue weighted by Crippen LogP contribution is 2.38. The van der Waals surface area contributed by atoms with E-state index in [0.717, 1.165) is 16.3 Å². The van der Waals surface area contributed by atoms with E-state index in [1.165, 1.54) is 0 Å². The third kappa shape index (κ3) is 2.92. The van der Waals surface area contributed by atoms with Gasteiger partial charge < -0.3 is 14.4 Å². The second-order valence-corrected chi connectivity index (χ2v) is 6.92. The van der Waals surface area contributed by atoms with Gasteiger partial charge in [-0.15, -0.1) is 0 Å². The minimum absolute atomic E-state index is 0.125. The first-order valence-corrected chi connectivity index (χ1v) is 7.84. The van der Waals surface area contributed by atoms with Gasteiger partial charge in [-0.2, -0.15) is 0 Å². The number of aliphatic hydroxyl groups excluding tert-OH is 1. The number of hydrogen-bond acceptors (Lipinski definition) is 4. The molecule has 1 aromatic carbocycles. The third-order valence-corrected chi connectivity index (χ3v) is 4.78. The van der Waals surface area contributed by atoms with Crippen molar-refractivity contribution in [3.8, 4) is 0 Å². The fourth-order valence-electron chi connectivity index (χ4n) is 2.64. The maximum absolute atomic E-state index is 9.81. The monoisotopic (exact) mass is 311 g/mol. The zero-order chi connectivity index (χ0) is 16.7. The summed E-state index contributed by atoms with van der Waals surface area (Å²) in [6.07, 6.45) is 5.54. The summed E-state index contributed by atoms with van der Waals surface area (Å²) in [6.45, 7) is 7.88. The normalized spacial score (nSPS) is 20.2. The molecule has 0 saturated carbocycles. The van der Waals surface area contributed by atoms with E-state index in [1.54, 1.807) is 6.20 Å². The zero-order valence-corrected chi connectivity index (χ0v) is 14.0. The highest BCUT2D eigenvalue weighted by molar-refractivity contribution is 6.55. The van der Waals surface area contributed by atoms with Gasteiger partial charge in [0.05, 0.1) is 17.8 Å². The second kappa shape index (κ2) is 5.75. The number of aromatic nitrogens is 1. The summed E-state index contributed by atoms with van der Waals surface area (Å²) >= 11 is 0. The molecule has 1 fully saturated rings. The Hall–Kier alpha value is -1.69. The molecule has 120 valence electrons. The molecule has 3 rings (SSSR count). The molecule has 1 aliphatic rings. The Bertz CT molecular complexity index is 734. The number of benzene rings is 1. The number of rotatable bonds is 3. The molecular formula is C18H22BNO3. The molecule has 0 bridgehead atoms. The van der Waals surface area contributed by atoms with Crippen molar-refractivity contribution in [1.82, 2.24) is 4.98 Å².